The minimum atomic E-state index is -0.969. The maximum absolute atomic E-state index is 9.94. The summed E-state index contributed by atoms with van der Waals surface area (Å²) < 4.78 is 0. The number of aliphatic hydroxyl groups is 1. The number of hydrogen-bond acceptors (Lipinski definition) is 2. The van der Waals surface area contributed by atoms with E-state index in [0.717, 1.165) is 7.11 Å². The lowest BCUT2D eigenvalue weighted by Gasteiger charge is -2.05. The molecule has 0 spiro atoms. The Kier molecular flexibility index (Phi) is 27.6. The number of unbranched alkanes of at least 4 members (excludes halogenated alkanes) is 1. The molecular formula is C17H34O3. The highest BCUT2D eigenvalue weighted by Gasteiger charge is 1.95. The number of carbonyl (C=O) groups is 1. The van der Waals surface area contributed by atoms with Crippen molar-refractivity contribution >= 4 is 5.97 Å². The van der Waals surface area contributed by atoms with E-state index in [9.17, 15) is 4.79 Å². The van der Waals surface area contributed by atoms with Gasteiger partial charge >= 0.3 is 5.97 Å². The van der Waals surface area contributed by atoms with Crippen molar-refractivity contribution in [2.75, 3.05) is 7.11 Å². The predicted octanol–water partition coefficient (Wildman–Crippen LogP) is 4.96. The van der Waals surface area contributed by atoms with Crippen molar-refractivity contribution in [2.24, 2.45) is 0 Å². The van der Waals surface area contributed by atoms with Crippen LogP contribution in [-0.4, -0.2) is 23.3 Å². The number of carboxylic acids is 1. The summed E-state index contributed by atoms with van der Waals surface area (Å²) in [6.45, 7) is 9.36. The molecule has 20 heavy (non-hydrogen) atoms. The van der Waals surface area contributed by atoms with E-state index in [4.69, 9.17) is 10.2 Å². The molecule has 0 saturated heterocycles. The Labute approximate surface area is 125 Å². The molecule has 3 nitrogen and oxygen atoms in total. The third-order valence-electron chi connectivity index (χ3n) is 2.64. The Morgan fingerprint density at radius 3 is 1.40 bits per heavy atom. The van der Waals surface area contributed by atoms with Crippen LogP contribution in [0.15, 0.2) is 24.3 Å². The first-order valence-electron chi connectivity index (χ1n) is 7.59. The van der Waals surface area contributed by atoms with E-state index in [0.29, 0.717) is 0 Å². The fourth-order valence-electron chi connectivity index (χ4n) is 1.33. The van der Waals surface area contributed by atoms with E-state index < -0.39 is 5.97 Å². The zero-order chi connectivity index (χ0) is 16.2. The molecule has 1 rings (SSSR count). The van der Waals surface area contributed by atoms with Crippen LogP contribution in [0.5, 0.6) is 0 Å². The molecule has 0 aromatic carbocycles. The summed E-state index contributed by atoms with van der Waals surface area (Å²) in [7, 11) is 1.00. The summed E-state index contributed by atoms with van der Waals surface area (Å²) in [6.07, 6.45) is 14.7. The first-order valence-corrected chi connectivity index (χ1v) is 7.59. The van der Waals surface area contributed by atoms with Gasteiger partial charge in [0.25, 0.3) is 0 Å². The molecule has 1 saturated carbocycles. The highest BCUT2D eigenvalue weighted by atomic mass is 16.4. The van der Waals surface area contributed by atoms with Crippen molar-refractivity contribution < 1.29 is 15.0 Å². The van der Waals surface area contributed by atoms with Gasteiger partial charge in [-0.25, -0.2) is 4.79 Å². The molecule has 120 valence electrons. The van der Waals surface area contributed by atoms with E-state index in [1.165, 1.54) is 57.4 Å². The predicted molar refractivity (Wildman–Crippen MR) is 88.0 cm³/mol. The standard InChI is InChI=1S/C6H8O2.C6H12.C4H10.CH4O/c1-3-4-5(2)6(7)8;1-2-4-6-5-3-1;1-3-4-2;1-2/h3-4H,2H2,1H3,(H,7,8);1-6H2;3-4H2,1-2H3;2H,1H3/b4-3-;;;. The molecule has 3 heteroatoms. The zero-order valence-corrected chi connectivity index (χ0v) is 13.8. The Bertz CT molecular complexity index is 215. The number of aliphatic hydroxyl groups excluding tert-OH is 1. The van der Waals surface area contributed by atoms with Crippen molar-refractivity contribution in [1.82, 2.24) is 0 Å². The topological polar surface area (TPSA) is 57.5 Å². The molecule has 0 unspecified atom stereocenters. The van der Waals surface area contributed by atoms with Gasteiger partial charge in [0, 0.05) is 7.11 Å². The minimum absolute atomic E-state index is 0.118. The lowest BCUT2D eigenvalue weighted by molar-refractivity contribution is -0.132. The minimum Gasteiger partial charge on any atom is -0.478 e. The average Bonchev–Trinajstić information content (AvgIpc) is 2.52. The average molecular weight is 286 g/mol. The second-order valence-corrected chi connectivity index (χ2v) is 4.45. The van der Waals surface area contributed by atoms with Crippen molar-refractivity contribution in [1.29, 1.82) is 0 Å². The molecular weight excluding hydrogens is 252 g/mol. The van der Waals surface area contributed by atoms with E-state index in [2.05, 4.69) is 20.4 Å². The molecule has 0 radical (unpaired) electrons. The smallest absolute Gasteiger partial charge is 0.335 e. The third-order valence-corrected chi connectivity index (χ3v) is 2.64. The number of allylic oxidation sites excluding steroid dienone is 1. The van der Waals surface area contributed by atoms with Crippen molar-refractivity contribution in [3.63, 3.8) is 0 Å². The van der Waals surface area contributed by atoms with Crippen LogP contribution >= 0.6 is 0 Å². The molecule has 0 aromatic heterocycles. The Hall–Kier alpha value is -1.09. The highest BCUT2D eigenvalue weighted by Crippen LogP contribution is 2.15. The lowest BCUT2D eigenvalue weighted by Crippen LogP contribution is -1.94. The van der Waals surface area contributed by atoms with Crippen LogP contribution < -0.4 is 0 Å². The fraction of sp³-hybridized carbons (Fsp3) is 0.706. The summed E-state index contributed by atoms with van der Waals surface area (Å²) >= 11 is 0. The SMILES string of the molecule is C1CCCCC1.C=C(/C=C\C)C(=O)O.CCCC.CO. The van der Waals surface area contributed by atoms with Crippen LogP contribution in [0.25, 0.3) is 0 Å². The van der Waals surface area contributed by atoms with Crippen molar-refractivity contribution in [2.45, 2.75) is 72.1 Å². The Morgan fingerprint density at radius 1 is 1.00 bits per heavy atom. The highest BCUT2D eigenvalue weighted by molar-refractivity contribution is 5.88. The molecule has 0 aromatic rings. The van der Waals surface area contributed by atoms with Gasteiger partial charge < -0.3 is 10.2 Å². The first kappa shape index (κ1) is 24.0. The van der Waals surface area contributed by atoms with Gasteiger partial charge in [0.15, 0.2) is 0 Å². The lowest BCUT2D eigenvalue weighted by atomic mass is 10.0. The van der Waals surface area contributed by atoms with Crippen molar-refractivity contribution in [3.8, 4) is 0 Å². The van der Waals surface area contributed by atoms with Gasteiger partial charge in [0.1, 0.15) is 0 Å². The van der Waals surface area contributed by atoms with Crippen LogP contribution in [0.1, 0.15) is 72.1 Å². The van der Waals surface area contributed by atoms with Crippen molar-refractivity contribution in [3.05, 3.63) is 24.3 Å². The van der Waals surface area contributed by atoms with E-state index in [1.807, 2.05) is 0 Å². The van der Waals surface area contributed by atoms with Gasteiger partial charge in [-0.1, -0.05) is 83.9 Å². The van der Waals surface area contributed by atoms with Crippen LogP contribution in [0.4, 0.5) is 0 Å². The van der Waals surface area contributed by atoms with Gasteiger partial charge in [-0.15, -0.1) is 0 Å². The van der Waals surface area contributed by atoms with Gasteiger partial charge in [-0.2, -0.15) is 0 Å². The Balaban J connectivity index is -0.000000213. The van der Waals surface area contributed by atoms with Crippen LogP contribution in [0.3, 0.4) is 0 Å². The summed E-state index contributed by atoms with van der Waals surface area (Å²) in [5.41, 5.74) is 0.118. The largest absolute Gasteiger partial charge is 0.478 e. The number of hydrogen-bond donors (Lipinski definition) is 2. The summed E-state index contributed by atoms with van der Waals surface area (Å²) in [5, 5.41) is 15.2. The van der Waals surface area contributed by atoms with Crippen LogP contribution in [-0.2, 0) is 4.79 Å². The van der Waals surface area contributed by atoms with Gasteiger partial charge in [0.2, 0.25) is 0 Å². The fourth-order valence-corrected chi connectivity index (χ4v) is 1.33. The van der Waals surface area contributed by atoms with E-state index >= 15 is 0 Å². The maximum Gasteiger partial charge on any atom is 0.335 e. The first-order chi connectivity index (χ1) is 9.59. The number of carboxylic acid groups (broad SMARTS) is 1. The second kappa shape index (κ2) is 23.0. The molecule has 0 atom stereocenters. The Morgan fingerprint density at radius 2 is 1.30 bits per heavy atom. The third kappa shape index (κ3) is 25.7. The molecule has 2 N–H and O–H groups in total. The zero-order valence-electron chi connectivity index (χ0n) is 13.8. The summed E-state index contributed by atoms with van der Waals surface area (Å²) in [5.74, 6) is -0.969. The normalized spacial score (nSPS) is 12.8. The van der Waals surface area contributed by atoms with Crippen LogP contribution in [0.2, 0.25) is 0 Å². The maximum atomic E-state index is 9.94. The molecule has 1 aliphatic rings. The molecule has 0 bridgehead atoms. The molecule has 0 amide bonds. The molecule has 0 heterocycles. The monoisotopic (exact) mass is 286 g/mol. The van der Waals surface area contributed by atoms with E-state index in [1.54, 1.807) is 13.0 Å². The van der Waals surface area contributed by atoms with E-state index in [-0.39, 0.29) is 5.57 Å². The number of aliphatic carboxylic acids is 1. The summed E-state index contributed by atoms with van der Waals surface area (Å²) in [4.78, 5) is 9.94. The molecule has 0 aliphatic heterocycles. The van der Waals surface area contributed by atoms with Gasteiger partial charge in [-0.3, -0.25) is 0 Å². The summed E-state index contributed by atoms with van der Waals surface area (Å²) in [6, 6.07) is 0. The molecule has 1 aliphatic carbocycles. The number of rotatable bonds is 3. The quantitative estimate of drug-likeness (QED) is 0.569. The van der Waals surface area contributed by atoms with Crippen LogP contribution in [0, 0.1) is 0 Å². The molecule has 1 fully saturated rings. The second-order valence-electron chi connectivity index (χ2n) is 4.45. The van der Waals surface area contributed by atoms with Gasteiger partial charge in [0.05, 0.1) is 5.57 Å². The van der Waals surface area contributed by atoms with Gasteiger partial charge in [-0.05, 0) is 6.92 Å².